The summed E-state index contributed by atoms with van der Waals surface area (Å²) >= 11 is 0. The first-order valence-corrected chi connectivity index (χ1v) is 4.71. The molecule has 0 saturated heterocycles. The Kier molecular flexibility index (Phi) is 3.51. The standard InChI is InChI=1S/C10H16N4O/c1-6(2)10(15)13-7-3-4-9(14-12)8(11)5-7/h3-6,14H,11-12H2,1-2H3,(H,13,15). The average Bonchev–Trinajstić information content (AvgIpc) is 2.18. The van der Waals surface area contributed by atoms with Crippen LogP contribution in [0.1, 0.15) is 13.8 Å². The Labute approximate surface area is 88.8 Å². The van der Waals surface area contributed by atoms with Crippen molar-refractivity contribution in [3.8, 4) is 0 Å². The van der Waals surface area contributed by atoms with Crippen LogP contribution in [0.2, 0.25) is 0 Å². The molecule has 0 radical (unpaired) electrons. The van der Waals surface area contributed by atoms with Gasteiger partial charge in [0, 0.05) is 11.6 Å². The third-order valence-corrected chi connectivity index (χ3v) is 2.00. The molecule has 1 amide bonds. The van der Waals surface area contributed by atoms with Crippen LogP contribution >= 0.6 is 0 Å². The quantitative estimate of drug-likeness (QED) is 0.340. The minimum absolute atomic E-state index is 0.0390. The van der Waals surface area contributed by atoms with Crippen LogP contribution in [-0.4, -0.2) is 5.91 Å². The summed E-state index contributed by atoms with van der Waals surface area (Å²) in [6.45, 7) is 3.66. The second kappa shape index (κ2) is 4.65. The number of carbonyl (C=O) groups excluding carboxylic acids is 1. The van der Waals surface area contributed by atoms with Gasteiger partial charge in [-0.3, -0.25) is 10.6 Å². The van der Waals surface area contributed by atoms with Gasteiger partial charge in [-0.1, -0.05) is 13.8 Å². The van der Waals surface area contributed by atoms with Crippen molar-refractivity contribution in [3.05, 3.63) is 18.2 Å². The van der Waals surface area contributed by atoms with E-state index in [-0.39, 0.29) is 11.8 Å². The van der Waals surface area contributed by atoms with Crippen LogP contribution in [0, 0.1) is 5.92 Å². The van der Waals surface area contributed by atoms with Crippen molar-refractivity contribution in [1.82, 2.24) is 0 Å². The molecule has 1 aromatic carbocycles. The first kappa shape index (κ1) is 11.3. The van der Waals surface area contributed by atoms with Crippen LogP contribution in [0.5, 0.6) is 0 Å². The fraction of sp³-hybridized carbons (Fsp3) is 0.300. The van der Waals surface area contributed by atoms with E-state index in [0.29, 0.717) is 17.1 Å². The Balaban J connectivity index is 2.80. The van der Waals surface area contributed by atoms with Crippen molar-refractivity contribution in [1.29, 1.82) is 0 Å². The lowest BCUT2D eigenvalue weighted by Gasteiger charge is -2.10. The minimum atomic E-state index is -0.0569. The zero-order valence-electron chi connectivity index (χ0n) is 8.87. The maximum absolute atomic E-state index is 11.4. The number of benzene rings is 1. The molecule has 82 valence electrons. The summed E-state index contributed by atoms with van der Waals surface area (Å²) in [5.41, 5.74) is 9.96. The number of rotatable bonds is 3. The Morgan fingerprint density at radius 1 is 1.40 bits per heavy atom. The molecule has 0 heterocycles. The lowest BCUT2D eigenvalue weighted by atomic mass is 10.2. The van der Waals surface area contributed by atoms with Gasteiger partial charge in [0.1, 0.15) is 0 Å². The van der Waals surface area contributed by atoms with E-state index in [1.807, 2.05) is 13.8 Å². The third-order valence-electron chi connectivity index (χ3n) is 2.00. The first-order valence-electron chi connectivity index (χ1n) is 4.71. The Hall–Kier alpha value is -1.75. The van der Waals surface area contributed by atoms with Crippen molar-refractivity contribution >= 4 is 23.0 Å². The molecule has 0 bridgehead atoms. The molecule has 0 aromatic heterocycles. The van der Waals surface area contributed by atoms with E-state index in [2.05, 4.69) is 10.7 Å². The topological polar surface area (TPSA) is 93.2 Å². The summed E-state index contributed by atoms with van der Waals surface area (Å²) in [4.78, 5) is 11.4. The number of nitrogens with two attached hydrogens (primary N) is 2. The molecule has 5 heteroatoms. The minimum Gasteiger partial charge on any atom is -0.397 e. The lowest BCUT2D eigenvalue weighted by molar-refractivity contribution is -0.118. The highest BCUT2D eigenvalue weighted by molar-refractivity contribution is 5.93. The molecule has 0 atom stereocenters. The van der Waals surface area contributed by atoms with Gasteiger partial charge in [0.25, 0.3) is 0 Å². The summed E-state index contributed by atoms with van der Waals surface area (Å²) in [6.07, 6.45) is 0. The van der Waals surface area contributed by atoms with Gasteiger partial charge < -0.3 is 16.5 Å². The molecule has 6 N–H and O–H groups in total. The lowest BCUT2D eigenvalue weighted by Crippen LogP contribution is -2.18. The average molecular weight is 208 g/mol. The number of hydrogen-bond acceptors (Lipinski definition) is 4. The summed E-state index contributed by atoms with van der Waals surface area (Å²) in [7, 11) is 0. The van der Waals surface area contributed by atoms with Crippen molar-refractivity contribution in [2.75, 3.05) is 16.5 Å². The number of hydrazine groups is 1. The fourth-order valence-electron chi connectivity index (χ4n) is 1.06. The van der Waals surface area contributed by atoms with E-state index in [0.717, 1.165) is 0 Å². The van der Waals surface area contributed by atoms with Gasteiger partial charge in [-0.2, -0.15) is 0 Å². The van der Waals surface area contributed by atoms with Crippen LogP contribution in [0.4, 0.5) is 17.1 Å². The van der Waals surface area contributed by atoms with E-state index in [1.165, 1.54) is 0 Å². The molecule has 5 nitrogen and oxygen atoms in total. The summed E-state index contributed by atoms with van der Waals surface area (Å²) in [5, 5.41) is 2.75. The molecule has 0 saturated carbocycles. The number of nitrogen functional groups attached to an aromatic ring is 2. The molecule has 0 aliphatic heterocycles. The molecule has 0 aliphatic rings. The van der Waals surface area contributed by atoms with Gasteiger partial charge in [-0.25, -0.2) is 0 Å². The zero-order valence-corrected chi connectivity index (χ0v) is 8.87. The van der Waals surface area contributed by atoms with E-state index in [9.17, 15) is 4.79 Å². The van der Waals surface area contributed by atoms with Gasteiger partial charge in [0.15, 0.2) is 0 Å². The summed E-state index contributed by atoms with van der Waals surface area (Å²) in [6, 6.07) is 5.12. The highest BCUT2D eigenvalue weighted by atomic mass is 16.1. The maximum Gasteiger partial charge on any atom is 0.226 e. The number of anilines is 3. The van der Waals surface area contributed by atoms with E-state index >= 15 is 0 Å². The summed E-state index contributed by atoms with van der Waals surface area (Å²) in [5.74, 6) is 5.14. The number of carbonyl (C=O) groups is 1. The Bertz CT molecular complexity index is 362. The number of amides is 1. The molecular weight excluding hydrogens is 192 g/mol. The van der Waals surface area contributed by atoms with Crippen LogP contribution in [0.15, 0.2) is 18.2 Å². The molecular formula is C10H16N4O. The summed E-state index contributed by atoms with van der Waals surface area (Å²) < 4.78 is 0. The second-order valence-electron chi connectivity index (χ2n) is 3.59. The van der Waals surface area contributed by atoms with Gasteiger partial charge in [0.05, 0.1) is 11.4 Å². The molecule has 15 heavy (non-hydrogen) atoms. The van der Waals surface area contributed by atoms with Crippen LogP contribution in [-0.2, 0) is 4.79 Å². The zero-order chi connectivity index (χ0) is 11.4. The van der Waals surface area contributed by atoms with E-state index < -0.39 is 0 Å². The van der Waals surface area contributed by atoms with Gasteiger partial charge in [-0.05, 0) is 18.2 Å². The highest BCUT2D eigenvalue weighted by Gasteiger charge is 2.07. The van der Waals surface area contributed by atoms with Crippen LogP contribution < -0.4 is 22.3 Å². The van der Waals surface area contributed by atoms with Gasteiger partial charge in [0.2, 0.25) is 5.91 Å². The molecule has 1 aromatic rings. The molecule has 0 unspecified atom stereocenters. The largest absolute Gasteiger partial charge is 0.397 e. The number of hydrogen-bond donors (Lipinski definition) is 4. The Morgan fingerprint density at radius 3 is 2.53 bits per heavy atom. The predicted octanol–water partition coefficient (Wildman–Crippen LogP) is 1.15. The normalized spacial score (nSPS) is 10.1. The van der Waals surface area contributed by atoms with E-state index in [4.69, 9.17) is 11.6 Å². The molecule has 1 rings (SSSR count). The van der Waals surface area contributed by atoms with Gasteiger partial charge in [-0.15, -0.1) is 0 Å². The molecule has 0 fully saturated rings. The monoisotopic (exact) mass is 208 g/mol. The highest BCUT2D eigenvalue weighted by Crippen LogP contribution is 2.21. The smallest absolute Gasteiger partial charge is 0.226 e. The van der Waals surface area contributed by atoms with Crippen molar-refractivity contribution in [2.24, 2.45) is 11.8 Å². The van der Waals surface area contributed by atoms with Crippen LogP contribution in [0.3, 0.4) is 0 Å². The van der Waals surface area contributed by atoms with Crippen molar-refractivity contribution < 1.29 is 4.79 Å². The second-order valence-corrected chi connectivity index (χ2v) is 3.59. The van der Waals surface area contributed by atoms with E-state index in [1.54, 1.807) is 18.2 Å². The van der Waals surface area contributed by atoms with Crippen molar-refractivity contribution in [3.63, 3.8) is 0 Å². The van der Waals surface area contributed by atoms with Crippen molar-refractivity contribution in [2.45, 2.75) is 13.8 Å². The van der Waals surface area contributed by atoms with Gasteiger partial charge >= 0.3 is 0 Å². The van der Waals surface area contributed by atoms with Crippen LogP contribution in [0.25, 0.3) is 0 Å². The fourth-order valence-corrected chi connectivity index (χ4v) is 1.06. The molecule has 0 spiro atoms. The first-order chi connectivity index (χ1) is 7.04. The third kappa shape index (κ3) is 2.85. The predicted molar refractivity (Wildman–Crippen MR) is 62.1 cm³/mol. The maximum atomic E-state index is 11.4. The molecule has 0 aliphatic carbocycles. The SMILES string of the molecule is CC(C)C(=O)Nc1ccc(NN)c(N)c1. The number of nitrogens with one attached hydrogen (secondary N) is 2. The Morgan fingerprint density at radius 2 is 2.07 bits per heavy atom.